The van der Waals surface area contributed by atoms with Crippen LogP contribution in [0.25, 0.3) is 10.9 Å². The molecule has 7 nitrogen and oxygen atoms in total. The number of para-hydroxylation sites is 1. The number of allylic oxidation sites excluding steroid dienone is 2. The van der Waals surface area contributed by atoms with Gasteiger partial charge < -0.3 is 15.0 Å². The van der Waals surface area contributed by atoms with Gasteiger partial charge in [-0.25, -0.2) is 4.98 Å². The maximum absolute atomic E-state index is 12.6. The quantitative estimate of drug-likeness (QED) is 0.309. The van der Waals surface area contributed by atoms with Gasteiger partial charge in [-0.1, -0.05) is 29.8 Å². The molecule has 0 aliphatic carbocycles. The first-order valence-corrected chi connectivity index (χ1v) is 12.4. The van der Waals surface area contributed by atoms with Gasteiger partial charge >= 0.3 is 0 Å². The van der Waals surface area contributed by atoms with Gasteiger partial charge in [0.1, 0.15) is 17.9 Å². The molecule has 4 aromatic rings. The van der Waals surface area contributed by atoms with Crippen LogP contribution >= 0.6 is 11.6 Å². The van der Waals surface area contributed by atoms with E-state index in [1.807, 2.05) is 58.0 Å². The normalized spacial score (nSPS) is 13.1. The fourth-order valence-corrected chi connectivity index (χ4v) is 4.62. The fourth-order valence-electron chi connectivity index (χ4n) is 4.41. The zero-order valence-corrected chi connectivity index (χ0v) is 22.4. The third kappa shape index (κ3) is 5.13. The van der Waals surface area contributed by atoms with E-state index in [0.717, 1.165) is 33.4 Å². The van der Waals surface area contributed by atoms with Crippen molar-refractivity contribution in [3.05, 3.63) is 104 Å². The summed E-state index contributed by atoms with van der Waals surface area (Å²) in [6, 6.07) is 12.5. The molecule has 0 amide bonds. The molecule has 1 aromatic carbocycles. The van der Waals surface area contributed by atoms with Crippen LogP contribution in [0.15, 0.2) is 76.3 Å². The van der Waals surface area contributed by atoms with Crippen LogP contribution in [0.4, 0.5) is 5.69 Å². The molecule has 3 aromatic heterocycles. The third-order valence-corrected chi connectivity index (χ3v) is 6.79. The number of pyridine rings is 3. The highest BCUT2D eigenvalue weighted by Gasteiger charge is 2.20. The van der Waals surface area contributed by atoms with Gasteiger partial charge in [0.25, 0.3) is 5.56 Å². The van der Waals surface area contributed by atoms with Crippen LogP contribution in [0.2, 0.25) is 5.02 Å². The molecule has 3 heterocycles. The average Bonchev–Trinajstić information content (AvgIpc) is 2.89. The Hall–Kier alpha value is -3.97. The van der Waals surface area contributed by atoms with Crippen molar-refractivity contribution in [2.24, 2.45) is 4.99 Å². The Morgan fingerprint density at radius 3 is 2.78 bits per heavy atom. The lowest BCUT2D eigenvalue weighted by molar-refractivity contribution is 0.306. The molecule has 0 saturated carbocycles. The van der Waals surface area contributed by atoms with Gasteiger partial charge in [-0.05, 0) is 63.6 Å². The minimum atomic E-state index is -0.403. The van der Waals surface area contributed by atoms with E-state index in [9.17, 15) is 4.79 Å². The van der Waals surface area contributed by atoms with Crippen LogP contribution in [-0.2, 0) is 6.61 Å². The number of aliphatic imine (C=N–C) groups is 1. The van der Waals surface area contributed by atoms with Gasteiger partial charge in [0.2, 0.25) is 0 Å². The van der Waals surface area contributed by atoms with Crippen molar-refractivity contribution in [3.8, 4) is 5.75 Å². The smallest absolute Gasteiger partial charge is 0.274 e. The van der Waals surface area contributed by atoms with E-state index in [2.05, 4.69) is 9.98 Å². The number of halogens is 1. The standard InChI is InChI=1S/C29H30ClN5O2/c1-6-17(2)26(32-5)21-15-18(3)34-28-20(21)9-7-11-25(28)37-16-22-23(30)12-13-33-27(22)19(4)35-14-8-10-24(31)29(35)36/h6-15,19H,16,31H2,1-5H3/b17-6-,32-26?. The summed E-state index contributed by atoms with van der Waals surface area (Å²) in [7, 11) is 1.79. The number of ether oxygens (including phenoxy) is 1. The predicted octanol–water partition coefficient (Wildman–Crippen LogP) is 5.91. The van der Waals surface area contributed by atoms with Gasteiger partial charge in [-0.15, -0.1) is 0 Å². The summed E-state index contributed by atoms with van der Waals surface area (Å²) in [5.74, 6) is 0.621. The number of benzene rings is 1. The highest BCUT2D eigenvalue weighted by atomic mass is 35.5. The van der Waals surface area contributed by atoms with E-state index >= 15 is 0 Å². The second-order valence-electron chi connectivity index (χ2n) is 8.80. The molecule has 0 spiro atoms. The molecule has 0 bridgehead atoms. The lowest BCUT2D eigenvalue weighted by Gasteiger charge is -2.20. The summed E-state index contributed by atoms with van der Waals surface area (Å²) in [5.41, 5.74) is 11.7. The minimum absolute atomic E-state index is 0.149. The van der Waals surface area contributed by atoms with Crippen molar-refractivity contribution in [1.29, 1.82) is 0 Å². The summed E-state index contributed by atoms with van der Waals surface area (Å²) in [5, 5.41) is 1.45. The van der Waals surface area contributed by atoms with Crippen LogP contribution in [0, 0.1) is 6.92 Å². The minimum Gasteiger partial charge on any atom is -0.486 e. The largest absolute Gasteiger partial charge is 0.486 e. The lowest BCUT2D eigenvalue weighted by Crippen LogP contribution is -2.26. The topological polar surface area (TPSA) is 95.4 Å². The van der Waals surface area contributed by atoms with Crippen molar-refractivity contribution in [2.45, 2.75) is 40.3 Å². The number of hydrogen-bond acceptors (Lipinski definition) is 6. The van der Waals surface area contributed by atoms with Crippen LogP contribution in [0.1, 0.15) is 49.3 Å². The molecular weight excluding hydrogens is 486 g/mol. The van der Waals surface area contributed by atoms with Gasteiger partial charge in [0, 0.05) is 41.6 Å². The molecule has 4 rings (SSSR count). The van der Waals surface area contributed by atoms with Crippen molar-refractivity contribution < 1.29 is 4.74 Å². The monoisotopic (exact) mass is 515 g/mol. The number of aromatic nitrogens is 3. The van der Waals surface area contributed by atoms with E-state index in [4.69, 9.17) is 27.1 Å². The molecular formula is C29H30ClN5O2. The van der Waals surface area contributed by atoms with Gasteiger partial charge in [0.05, 0.1) is 28.2 Å². The Balaban J connectivity index is 1.76. The SMILES string of the molecule is C/C=C(/C)C(=NC)c1cc(C)nc2c(OCc3c(Cl)ccnc3C(C)n3cccc(N)c3=O)cccc12. The van der Waals surface area contributed by atoms with E-state index in [0.29, 0.717) is 22.0 Å². The molecule has 37 heavy (non-hydrogen) atoms. The molecule has 0 aliphatic rings. The number of rotatable bonds is 7. The molecule has 1 unspecified atom stereocenters. The van der Waals surface area contributed by atoms with E-state index in [-0.39, 0.29) is 17.9 Å². The van der Waals surface area contributed by atoms with Crippen molar-refractivity contribution in [3.63, 3.8) is 0 Å². The van der Waals surface area contributed by atoms with Crippen LogP contribution in [0.3, 0.4) is 0 Å². The predicted molar refractivity (Wildman–Crippen MR) is 151 cm³/mol. The Kier molecular flexibility index (Phi) is 7.74. The fraction of sp³-hybridized carbons (Fsp3) is 0.241. The summed E-state index contributed by atoms with van der Waals surface area (Å²) >= 11 is 6.61. The Morgan fingerprint density at radius 2 is 2.05 bits per heavy atom. The van der Waals surface area contributed by atoms with Gasteiger partial charge in [-0.2, -0.15) is 0 Å². The number of nitrogens with zero attached hydrogens (tertiary/aromatic N) is 4. The summed E-state index contributed by atoms with van der Waals surface area (Å²) < 4.78 is 7.87. The lowest BCUT2D eigenvalue weighted by atomic mass is 9.98. The zero-order chi connectivity index (χ0) is 26.7. The number of aryl methyl sites for hydroxylation is 1. The van der Waals surface area contributed by atoms with E-state index in [1.54, 1.807) is 42.2 Å². The summed E-state index contributed by atoms with van der Waals surface area (Å²) in [6.45, 7) is 8.03. The second-order valence-corrected chi connectivity index (χ2v) is 9.21. The Morgan fingerprint density at radius 1 is 1.27 bits per heavy atom. The molecule has 2 N–H and O–H groups in total. The first-order chi connectivity index (χ1) is 17.8. The maximum atomic E-state index is 12.6. The highest BCUT2D eigenvalue weighted by molar-refractivity contribution is 6.31. The van der Waals surface area contributed by atoms with Gasteiger partial charge in [-0.3, -0.25) is 14.8 Å². The molecule has 0 radical (unpaired) electrons. The molecule has 1 atom stereocenters. The van der Waals surface area contributed by atoms with E-state index in [1.165, 1.54) is 0 Å². The van der Waals surface area contributed by atoms with Crippen LogP contribution in [-0.4, -0.2) is 27.3 Å². The first kappa shape index (κ1) is 26.1. The average molecular weight is 516 g/mol. The van der Waals surface area contributed by atoms with Gasteiger partial charge in [0.15, 0.2) is 0 Å². The van der Waals surface area contributed by atoms with Crippen molar-refractivity contribution in [2.75, 3.05) is 12.8 Å². The summed E-state index contributed by atoms with van der Waals surface area (Å²) in [6.07, 6.45) is 5.36. The van der Waals surface area contributed by atoms with Crippen LogP contribution < -0.4 is 16.0 Å². The number of nitrogens with two attached hydrogens (primary N) is 1. The number of fused-ring (bicyclic) bond motifs is 1. The second kappa shape index (κ2) is 11.0. The Labute approximate surface area is 221 Å². The molecule has 0 fully saturated rings. The number of hydrogen-bond donors (Lipinski definition) is 1. The number of anilines is 1. The maximum Gasteiger partial charge on any atom is 0.274 e. The molecule has 0 saturated heterocycles. The zero-order valence-electron chi connectivity index (χ0n) is 21.6. The third-order valence-electron chi connectivity index (χ3n) is 6.44. The molecule has 190 valence electrons. The van der Waals surface area contributed by atoms with Crippen LogP contribution in [0.5, 0.6) is 5.75 Å². The molecule has 0 aliphatic heterocycles. The first-order valence-electron chi connectivity index (χ1n) is 12.0. The highest BCUT2D eigenvalue weighted by Crippen LogP contribution is 2.31. The van der Waals surface area contributed by atoms with Crippen molar-refractivity contribution in [1.82, 2.24) is 14.5 Å². The molecule has 8 heteroatoms. The number of nitrogen functional groups attached to an aromatic ring is 1. The van der Waals surface area contributed by atoms with E-state index < -0.39 is 6.04 Å². The Bertz CT molecular complexity index is 1590. The summed E-state index contributed by atoms with van der Waals surface area (Å²) in [4.78, 5) is 26.5. The van der Waals surface area contributed by atoms with Crippen molar-refractivity contribution >= 4 is 33.9 Å².